The van der Waals surface area contributed by atoms with Crippen molar-refractivity contribution in [3.8, 4) is 0 Å². The second-order valence-electron chi connectivity index (χ2n) is 8.45. The van der Waals surface area contributed by atoms with Crippen molar-refractivity contribution in [3.63, 3.8) is 0 Å². The highest BCUT2D eigenvalue weighted by molar-refractivity contribution is 8.51. The number of rotatable bonds is 20. The van der Waals surface area contributed by atoms with Crippen LogP contribution in [0.5, 0.6) is 0 Å². The van der Waals surface area contributed by atoms with Crippen molar-refractivity contribution in [1.29, 1.82) is 0 Å². The molecular weight excluding hydrogens is 477 g/mol. The molecule has 0 radical (unpaired) electrons. The standard InChI is InChI=1S/C20H40NO8PS2/c1-21(2,3)12-15-27-30(31,32)28-17-18(29-20(25)11-7-5-9-14-23)16-26-19(24)10-6-4-8-13-22/h18,22-23H,4-17H2,1-3H3. The number of carbonyl (C=O) groups is 2. The van der Waals surface area contributed by atoms with E-state index >= 15 is 0 Å². The minimum atomic E-state index is -2.96. The van der Waals surface area contributed by atoms with Gasteiger partial charge in [-0.3, -0.25) is 9.59 Å². The summed E-state index contributed by atoms with van der Waals surface area (Å²) in [5.41, 5.74) is -2.96. The molecule has 190 valence electrons. The van der Waals surface area contributed by atoms with Gasteiger partial charge in [0, 0.05) is 26.1 Å². The molecule has 0 bridgehead atoms. The molecule has 0 aliphatic heterocycles. The molecule has 0 amide bonds. The molecule has 0 saturated carbocycles. The monoisotopic (exact) mass is 517 g/mol. The molecule has 0 aromatic rings. The lowest BCUT2D eigenvalue weighted by Gasteiger charge is -2.32. The summed E-state index contributed by atoms with van der Waals surface area (Å²) in [4.78, 5) is 24.1. The number of hydrogen-bond acceptors (Lipinski definition) is 10. The van der Waals surface area contributed by atoms with Gasteiger partial charge in [0.1, 0.15) is 19.8 Å². The third kappa shape index (κ3) is 20.4. The van der Waals surface area contributed by atoms with Crippen molar-refractivity contribution >= 4 is 41.7 Å². The number of aliphatic hydroxyl groups excluding tert-OH is 2. The zero-order valence-corrected chi connectivity index (χ0v) is 22.1. The quantitative estimate of drug-likeness (QED) is 0.0818. The second-order valence-corrected chi connectivity index (χ2v) is 13.4. The van der Waals surface area contributed by atoms with Crippen molar-refractivity contribution in [2.45, 2.75) is 57.5 Å². The van der Waals surface area contributed by atoms with E-state index in [9.17, 15) is 9.59 Å². The predicted octanol–water partition coefficient (Wildman–Crippen LogP) is 2.06. The van der Waals surface area contributed by atoms with Gasteiger partial charge in [0.2, 0.25) is 0 Å². The summed E-state index contributed by atoms with van der Waals surface area (Å²) in [6.07, 6.45) is 3.46. The molecule has 0 aliphatic rings. The van der Waals surface area contributed by atoms with Crippen LogP contribution in [0.4, 0.5) is 0 Å². The van der Waals surface area contributed by atoms with Gasteiger partial charge >= 0.3 is 11.9 Å². The molecule has 12 heteroatoms. The first-order valence-electron chi connectivity index (χ1n) is 11.0. The van der Waals surface area contributed by atoms with Crippen molar-refractivity contribution in [2.24, 2.45) is 0 Å². The zero-order chi connectivity index (χ0) is 24.5. The largest absolute Gasteiger partial charge is 0.691 e. The molecule has 2 unspecified atom stereocenters. The molecule has 32 heavy (non-hydrogen) atoms. The fourth-order valence-corrected chi connectivity index (χ4v) is 3.91. The van der Waals surface area contributed by atoms with Gasteiger partial charge in [-0.2, -0.15) is 0 Å². The Hall–Kier alpha value is -0.260. The third-order valence-corrected chi connectivity index (χ3v) is 6.47. The van der Waals surface area contributed by atoms with E-state index in [1.165, 1.54) is 0 Å². The SMILES string of the molecule is C[N+](C)(C)CCOP(=S)([S-])OCC(COC(=O)CCCCCO)OC(=O)CCCCCO. The predicted molar refractivity (Wildman–Crippen MR) is 128 cm³/mol. The maximum atomic E-state index is 12.1. The van der Waals surface area contributed by atoms with Gasteiger partial charge in [0.25, 0.3) is 0 Å². The second kappa shape index (κ2) is 18.1. The highest BCUT2D eigenvalue weighted by atomic mass is 32.9. The fourth-order valence-electron chi connectivity index (χ4n) is 2.37. The van der Waals surface area contributed by atoms with E-state index in [0.717, 1.165) is 6.42 Å². The maximum absolute atomic E-state index is 12.1. The number of nitrogens with zero attached hydrogens (tertiary/aromatic N) is 1. The van der Waals surface area contributed by atoms with Crippen molar-refractivity contribution in [3.05, 3.63) is 0 Å². The Kier molecular flexibility index (Phi) is 18.0. The summed E-state index contributed by atoms with van der Waals surface area (Å²) in [7, 11) is 6.06. The van der Waals surface area contributed by atoms with E-state index in [0.29, 0.717) is 49.7 Å². The summed E-state index contributed by atoms with van der Waals surface area (Å²) in [5, 5.41) is 17.6. The van der Waals surface area contributed by atoms with E-state index in [2.05, 4.69) is 0 Å². The molecule has 0 aliphatic carbocycles. The Balaban J connectivity index is 4.63. The number of quaternary nitrogens is 1. The zero-order valence-electron chi connectivity index (χ0n) is 19.5. The lowest BCUT2D eigenvalue weighted by molar-refractivity contribution is -0.870. The smallest absolute Gasteiger partial charge is 0.306 e. The number of unbranched alkanes of at least 4 members (excludes halogenated alkanes) is 4. The van der Waals surface area contributed by atoms with Gasteiger partial charge in [-0.25, -0.2) is 0 Å². The lowest BCUT2D eigenvalue weighted by atomic mass is 10.2. The van der Waals surface area contributed by atoms with Crippen LogP contribution in [-0.2, 0) is 52.2 Å². The highest BCUT2D eigenvalue weighted by Crippen LogP contribution is 2.46. The summed E-state index contributed by atoms with van der Waals surface area (Å²) < 4.78 is 22.5. The molecule has 0 saturated heterocycles. The van der Waals surface area contributed by atoms with Gasteiger partial charge in [-0.15, -0.1) is 0 Å². The number of aliphatic hydroxyl groups is 2. The number of hydrogen-bond donors (Lipinski definition) is 2. The first kappa shape index (κ1) is 31.7. The van der Waals surface area contributed by atoms with E-state index in [4.69, 9.17) is 52.8 Å². The van der Waals surface area contributed by atoms with Gasteiger partial charge in [0.05, 0.1) is 33.4 Å². The Bertz CT molecular complexity index is 574. The van der Waals surface area contributed by atoms with Crippen LogP contribution < -0.4 is 0 Å². The Labute approximate surface area is 202 Å². The van der Waals surface area contributed by atoms with Gasteiger partial charge in [-0.1, -0.05) is 24.6 Å². The van der Waals surface area contributed by atoms with Gasteiger partial charge < -0.3 is 45.5 Å². The fraction of sp³-hybridized carbons (Fsp3) is 0.900. The minimum absolute atomic E-state index is 0.0807. The normalized spacial score (nSPS) is 14.6. The molecule has 2 atom stereocenters. The number of ether oxygens (including phenoxy) is 2. The number of likely N-dealkylation sites (N-methyl/N-ethyl adjacent to an activating group) is 1. The molecular formula is C20H40NO8PS2. The molecule has 9 nitrogen and oxygen atoms in total. The summed E-state index contributed by atoms with van der Waals surface area (Å²) in [6, 6.07) is 0. The molecule has 0 rings (SSSR count). The van der Waals surface area contributed by atoms with Crippen LogP contribution in [-0.4, -0.2) is 93.5 Å². The van der Waals surface area contributed by atoms with Crippen molar-refractivity contribution in [1.82, 2.24) is 0 Å². The number of carbonyl (C=O) groups excluding carboxylic acids is 2. The Morgan fingerprint density at radius 2 is 1.47 bits per heavy atom. The van der Waals surface area contributed by atoms with E-state index in [1.54, 1.807) is 0 Å². The molecule has 0 heterocycles. The molecule has 0 spiro atoms. The van der Waals surface area contributed by atoms with Gasteiger partial charge in [-0.05, 0) is 25.7 Å². The van der Waals surface area contributed by atoms with Crippen LogP contribution in [0, 0.1) is 0 Å². The van der Waals surface area contributed by atoms with E-state index < -0.39 is 23.7 Å². The average molecular weight is 518 g/mol. The molecule has 0 aromatic heterocycles. The van der Waals surface area contributed by atoms with E-state index in [-0.39, 0.29) is 39.3 Å². The third-order valence-electron chi connectivity index (χ3n) is 4.24. The highest BCUT2D eigenvalue weighted by Gasteiger charge is 2.19. The number of esters is 2. The molecule has 0 fully saturated rings. The van der Waals surface area contributed by atoms with Crippen LogP contribution in [0.25, 0.3) is 0 Å². The average Bonchev–Trinajstić information content (AvgIpc) is 2.69. The van der Waals surface area contributed by atoms with Crippen molar-refractivity contribution < 1.29 is 42.8 Å². The van der Waals surface area contributed by atoms with Crippen LogP contribution in [0.3, 0.4) is 0 Å². The molecule has 0 aromatic carbocycles. The van der Waals surface area contributed by atoms with E-state index in [1.807, 2.05) is 21.1 Å². The van der Waals surface area contributed by atoms with Crippen LogP contribution >= 0.6 is 5.69 Å². The van der Waals surface area contributed by atoms with Crippen LogP contribution in [0.15, 0.2) is 0 Å². The topological polar surface area (TPSA) is 112 Å². The van der Waals surface area contributed by atoms with Crippen molar-refractivity contribution in [2.75, 3.05) is 60.7 Å². The van der Waals surface area contributed by atoms with Crippen LogP contribution in [0.2, 0.25) is 0 Å². The van der Waals surface area contributed by atoms with Gasteiger partial charge in [0.15, 0.2) is 6.10 Å². The van der Waals surface area contributed by atoms with Crippen LogP contribution in [0.1, 0.15) is 51.4 Å². The summed E-state index contributed by atoms with van der Waals surface area (Å²) >= 11 is 10.5. The summed E-state index contributed by atoms with van der Waals surface area (Å²) in [5.74, 6) is -0.858. The minimum Gasteiger partial charge on any atom is -0.691 e. The lowest BCUT2D eigenvalue weighted by Crippen LogP contribution is -2.37. The Morgan fingerprint density at radius 3 is 2.00 bits per heavy atom. The molecule has 2 N–H and O–H groups in total. The summed E-state index contributed by atoms with van der Waals surface area (Å²) in [6.45, 7) is 0.945. The first-order chi connectivity index (χ1) is 15.0. The Morgan fingerprint density at radius 1 is 0.906 bits per heavy atom. The maximum Gasteiger partial charge on any atom is 0.306 e. The first-order valence-corrected chi connectivity index (χ1v) is 14.6.